The van der Waals surface area contributed by atoms with Crippen molar-refractivity contribution in [3.8, 4) is 5.88 Å². The van der Waals surface area contributed by atoms with Crippen LogP contribution in [0.2, 0.25) is 0 Å². The SMILES string of the molecule is C[C@@]1(c2cc(Nc3cc(F)cc4ccc(OCC5CC5)nc34)ccc2F)COCC(N)=N1. The van der Waals surface area contributed by atoms with E-state index >= 15 is 0 Å². The Hall–Kier alpha value is -3.26. The number of aliphatic imine (C=N–C) groups is 1. The molecule has 3 N–H and O–H groups in total. The zero-order chi connectivity index (χ0) is 22.3. The van der Waals surface area contributed by atoms with Gasteiger partial charge < -0.3 is 20.5 Å². The average molecular weight is 438 g/mol. The minimum Gasteiger partial charge on any atom is -0.477 e. The normalized spacial score (nSPS) is 20.8. The number of aromatic nitrogens is 1. The van der Waals surface area contributed by atoms with Crippen LogP contribution >= 0.6 is 0 Å². The fourth-order valence-electron chi connectivity index (χ4n) is 3.89. The first-order valence-electron chi connectivity index (χ1n) is 10.6. The van der Waals surface area contributed by atoms with E-state index in [1.807, 2.05) is 0 Å². The highest BCUT2D eigenvalue weighted by molar-refractivity contribution is 5.92. The number of hydrogen-bond donors (Lipinski definition) is 2. The minimum absolute atomic E-state index is 0.209. The van der Waals surface area contributed by atoms with Crippen molar-refractivity contribution in [3.05, 3.63) is 59.7 Å². The van der Waals surface area contributed by atoms with Crippen LogP contribution in [0, 0.1) is 17.6 Å². The van der Waals surface area contributed by atoms with Gasteiger partial charge in [-0.05, 0) is 62.1 Å². The molecular formula is C24H24F2N4O2. The monoisotopic (exact) mass is 438 g/mol. The van der Waals surface area contributed by atoms with Gasteiger partial charge in [-0.1, -0.05) is 0 Å². The number of ether oxygens (including phenoxy) is 2. The van der Waals surface area contributed by atoms with Crippen LogP contribution in [0.1, 0.15) is 25.3 Å². The summed E-state index contributed by atoms with van der Waals surface area (Å²) in [4.78, 5) is 9.00. The number of hydrogen-bond acceptors (Lipinski definition) is 6. The fourth-order valence-corrected chi connectivity index (χ4v) is 3.89. The number of nitrogens with zero attached hydrogens (tertiary/aromatic N) is 2. The molecule has 0 saturated heterocycles. The van der Waals surface area contributed by atoms with Crippen LogP contribution in [0.3, 0.4) is 0 Å². The highest BCUT2D eigenvalue weighted by atomic mass is 19.1. The largest absolute Gasteiger partial charge is 0.477 e. The van der Waals surface area contributed by atoms with Gasteiger partial charge in [0.1, 0.15) is 29.6 Å². The Morgan fingerprint density at radius 3 is 2.81 bits per heavy atom. The molecule has 5 rings (SSSR count). The van der Waals surface area contributed by atoms with Crippen LogP contribution in [0.25, 0.3) is 10.9 Å². The molecule has 2 aliphatic rings. The molecule has 6 nitrogen and oxygen atoms in total. The molecule has 0 radical (unpaired) electrons. The summed E-state index contributed by atoms with van der Waals surface area (Å²) >= 11 is 0. The van der Waals surface area contributed by atoms with Crippen molar-refractivity contribution < 1.29 is 18.3 Å². The molecule has 0 spiro atoms. The lowest BCUT2D eigenvalue weighted by Crippen LogP contribution is -2.38. The highest BCUT2D eigenvalue weighted by Crippen LogP contribution is 2.35. The first kappa shape index (κ1) is 20.6. The number of nitrogens with two attached hydrogens (primary N) is 1. The summed E-state index contributed by atoms with van der Waals surface area (Å²) in [6.45, 7) is 2.83. The molecule has 1 aromatic heterocycles. The number of amidine groups is 1. The quantitative estimate of drug-likeness (QED) is 0.586. The third kappa shape index (κ3) is 4.23. The van der Waals surface area contributed by atoms with Crippen molar-refractivity contribution in [2.24, 2.45) is 16.6 Å². The lowest BCUT2D eigenvalue weighted by Gasteiger charge is -2.30. The Morgan fingerprint density at radius 2 is 2.03 bits per heavy atom. The number of fused-ring (bicyclic) bond motifs is 1. The average Bonchev–Trinajstić information content (AvgIpc) is 3.58. The fraction of sp³-hybridized carbons (Fsp3) is 0.333. The molecule has 1 atom stereocenters. The van der Waals surface area contributed by atoms with E-state index in [0.29, 0.717) is 52.1 Å². The predicted molar refractivity (Wildman–Crippen MR) is 119 cm³/mol. The first-order valence-corrected chi connectivity index (χ1v) is 10.6. The number of pyridine rings is 1. The number of nitrogens with one attached hydrogen (secondary N) is 1. The van der Waals surface area contributed by atoms with E-state index in [0.717, 1.165) is 0 Å². The second-order valence-electron chi connectivity index (χ2n) is 8.62. The molecule has 3 aromatic rings. The van der Waals surface area contributed by atoms with Crippen molar-refractivity contribution in [1.29, 1.82) is 0 Å². The Labute approximate surface area is 184 Å². The standard InChI is InChI=1S/C24H24F2N4O2/c1-24(13-31-12-21(27)30-24)18-10-17(5-6-19(18)26)28-20-9-16(25)8-15-4-7-22(29-23(15)20)32-11-14-2-3-14/h4-10,14,28H,2-3,11-13H2,1H3,(H2,27,30)/t24-/m0/s1. The zero-order valence-corrected chi connectivity index (χ0v) is 17.7. The maximum absolute atomic E-state index is 14.7. The van der Waals surface area contributed by atoms with Gasteiger partial charge in [0.15, 0.2) is 0 Å². The second-order valence-corrected chi connectivity index (χ2v) is 8.62. The topological polar surface area (TPSA) is 81.8 Å². The van der Waals surface area contributed by atoms with Crippen LogP contribution < -0.4 is 15.8 Å². The molecule has 1 saturated carbocycles. The lowest BCUT2D eigenvalue weighted by molar-refractivity contribution is 0.104. The van der Waals surface area contributed by atoms with Crippen LogP contribution in [0.4, 0.5) is 20.2 Å². The van der Waals surface area contributed by atoms with Crippen LogP contribution in [-0.2, 0) is 10.3 Å². The molecule has 1 aliphatic heterocycles. The van der Waals surface area contributed by atoms with Crippen molar-refractivity contribution in [3.63, 3.8) is 0 Å². The Balaban J connectivity index is 1.49. The van der Waals surface area contributed by atoms with Gasteiger partial charge in [-0.3, -0.25) is 4.99 Å². The van der Waals surface area contributed by atoms with Gasteiger partial charge in [0, 0.05) is 22.7 Å². The van der Waals surface area contributed by atoms with E-state index in [9.17, 15) is 8.78 Å². The molecule has 0 bridgehead atoms. The van der Waals surface area contributed by atoms with Crippen molar-refractivity contribution in [2.75, 3.05) is 25.1 Å². The molecule has 0 unspecified atom stereocenters. The van der Waals surface area contributed by atoms with Crippen molar-refractivity contribution >= 4 is 28.1 Å². The maximum atomic E-state index is 14.7. The van der Waals surface area contributed by atoms with E-state index in [1.54, 1.807) is 31.2 Å². The third-order valence-electron chi connectivity index (χ3n) is 5.74. The van der Waals surface area contributed by atoms with Crippen LogP contribution in [-0.4, -0.2) is 30.6 Å². The summed E-state index contributed by atoms with van der Waals surface area (Å²) in [5.74, 6) is 0.586. The van der Waals surface area contributed by atoms with Gasteiger partial charge in [0.25, 0.3) is 0 Å². The molecule has 166 valence electrons. The predicted octanol–water partition coefficient (Wildman–Crippen LogP) is 4.65. The summed E-state index contributed by atoms with van der Waals surface area (Å²) in [6.07, 6.45) is 2.36. The van der Waals surface area contributed by atoms with E-state index in [-0.39, 0.29) is 13.2 Å². The molecule has 8 heteroatoms. The summed E-state index contributed by atoms with van der Waals surface area (Å²) < 4.78 is 40.3. The van der Waals surface area contributed by atoms with Gasteiger partial charge in [0.2, 0.25) is 5.88 Å². The molecule has 1 aliphatic carbocycles. The number of benzene rings is 2. The molecule has 2 aromatic carbocycles. The van der Waals surface area contributed by atoms with Crippen molar-refractivity contribution in [2.45, 2.75) is 25.3 Å². The van der Waals surface area contributed by atoms with Gasteiger partial charge in [-0.2, -0.15) is 0 Å². The molecule has 2 heterocycles. The lowest BCUT2D eigenvalue weighted by atomic mass is 9.91. The summed E-state index contributed by atoms with van der Waals surface area (Å²) in [5.41, 5.74) is 6.82. The first-order chi connectivity index (χ1) is 15.4. The molecule has 1 fully saturated rings. The van der Waals surface area contributed by atoms with Gasteiger partial charge in [0.05, 0.1) is 24.4 Å². The number of rotatable bonds is 6. The number of anilines is 2. The van der Waals surface area contributed by atoms with Crippen LogP contribution in [0.5, 0.6) is 5.88 Å². The van der Waals surface area contributed by atoms with E-state index in [1.165, 1.54) is 31.0 Å². The van der Waals surface area contributed by atoms with E-state index in [4.69, 9.17) is 15.2 Å². The van der Waals surface area contributed by atoms with Crippen LogP contribution in [0.15, 0.2) is 47.5 Å². The number of halogens is 2. The molecular weight excluding hydrogens is 414 g/mol. The summed E-state index contributed by atoms with van der Waals surface area (Å²) in [5, 5.41) is 3.82. The van der Waals surface area contributed by atoms with E-state index < -0.39 is 17.2 Å². The minimum atomic E-state index is -0.948. The third-order valence-corrected chi connectivity index (χ3v) is 5.74. The molecule has 0 amide bonds. The maximum Gasteiger partial charge on any atom is 0.213 e. The highest BCUT2D eigenvalue weighted by Gasteiger charge is 2.33. The zero-order valence-electron chi connectivity index (χ0n) is 17.7. The molecule has 32 heavy (non-hydrogen) atoms. The smallest absolute Gasteiger partial charge is 0.213 e. The van der Waals surface area contributed by atoms with E-state index in [2.05, 4.69) is 15.3 Å². The van der Waals surface area contributed by atoms with Gasteiger partial charge in [-0.15, -0.1) is 0 Å². The second kappa shape index (κ2) is 8.02. The Kier molecular flexibility index (Phi) is 5.17. The van der Waals surface area contributed by atoms with Gasteiger partial charge in [-0.25, -0.2) is 13.8 Å². The van der Waals surface area contributed by atoms with Gasteiger partial charge >= 0.3 is 0 Å². The summed E-state index contributed by atoms with van der Waals surface area (Å²) in [7, 11) is 0. The Bertz CT molecular complexity index is 1210. The van der Waals surface area contributed by atoms with Crippen molar-refractivity contribution in [1.82, 2.24) is 4.98 Å². The summed E-state index contributed by atoms with van der Waals surface area (Å²) in [6, 6.07) is 10.9. The Morgan fingerprint density at radius 1 is 1.19 bits per heavy atom.